The monoisotopic (exact) mass is 539 g/mol. The molecular formula is C35H57NO3. The Labute approximate surface area is 241 Å². The predicted octanol–water partition coefficient (Wildman–Crippen LogP) is 9.75. The van der Waals surface area contributed by atoms with Crippen LogP contribution < -0.4 is 5.32 Å². The third-order valence-electron chi connectivity index (χ3n) is 5.01. The quantitative estimate of drug-likeness (QED) is 0.144. The van der Waals surface area contributed by atoms with Crippen LogP contribution in [0.4, 0.5) is 0 Å². The lowest BCUT2D eigenvalue weighted by molar-refractivity contribution is 0.241. The summed E-state index contributed by atoms with van der Waals surface area (Å²) in [5.41, 5.74) is 2.57. The van der Waals surface area contributed by atoms with Crippen molar-refractivity contribution in [2.45, 2.75) is 75.2 Å². The van der Waals surface area contributed by atoms with Crippen molar-refractivity contribution in [2.75, 3.05) is 27.3 Å². The molecule has 4 heteroatoms. The Morgan fingerprint density at radius 3 is 2.18 bits per heavy atom. The van der Waals surface area contributed by atoms with Crippen molar-refractivity contribution >= 4 is 0 Å². The molecule has 0 atom stereocenters. The molecule has 0 spiro atoms. The third-order valence-corrected chi connectivity index (χ3v) is 5.01. The topological polar surface area (TPSA) is 39.7 Å². The number of allylic oxidation sites excluding steroid dienone is 12. The van der Waals surface area contributed by atoms with Gasteiger partial charge < -0.3 is 19.5 Å². The van der Waals surface area contributed by atoms with Crippen molar-refractivity contribution in [3.8, 4) is 0 Å². The number of ether oxygens (including phenoxy) is 3. The van der Waals surface area contributed by atoms with Gasteiger partial charge in [-0.2, -0.15) is 0 Å². The van der Waals surface area contributed by atoms with Gasteiger partial charge in [0, 0.05) is 0 Å². The molecule has 0 saturated carbocycles. The SMILES string of the molecule is C=C/C(OC)=C(\C=C(\CCNCC)C(C)C)OC.CC(C)C.C\C=C/C(=C\C=C\C)OC1=CC(C)=CCC=C1. The largest absolute Gasteiger partial charge is 0.493 e. The van der Waals surface area contributed by atoms with E-state index >= 15 is 0 Å². The van der Waals surface area contributed by atoms with Crippen molar-refractivity contribution in [3.63, 3.8) is 0 Å². The maximum Gasteiger partial charge on any atom is 0.160 e. The van der Waals surface area contributed by atoms with E-state index in [4.69, 9.17) is 14.2 Å². The second kappa shape index (κ2) is 25.3. The molecule has 0 aromatic heterocycles. The van der Waals surface area contributed by atoms with Gasteiger partial charge in [0.15, 0.2) is 11.5 Å². The summed E-state index contributed by atoms with van der Waals surface area (Å²) in [7, 11) is 3.27. The third kappa shape index (κ3) is 21.6. The van der Waals surface area contributed by atoms with Crippen LogP contribution in [0.25, 0.3) is 0 Å². The van der Waals surface area contributed by atoms with Gasteiger partial charge in [-0.25, -0.2) is 0 Å². The molecule has 0 aromatic rings. The molecule has 4 nitrogen and oxygen atoms in total. The summed E-state index contributed by atoms with van der Waals surface area (Å²) in [6.07, 6.45) is 23.9. The van der Waals surface area contributed by atoms with Crippen molar-refractivity contribution in [1.29, 1.82) is 0 Å². The minimum atomic E-state index is 0.483. The van der Waals surface area contributed by atoms with Crippen LogP contribution in [0.5, 0.6) is 0 Å². The lowest BCUT2D eigenvalue weighted by Gasteiger charge is -2.14. The fraction of sp³-hybridized carbons (Fsp3) is 0.486. The number of methoxy groups -OCH3 is 2. The summed E-state index contributed by atoms with van der Waals surface area (Å²) in [6, 6.07) is 0. The molecule has 39 heavy (non-hydrogen) atoms. The number of hydrogen-bond donors (Lipinski definition) is 1. The van der Waals surface area contributed by atoms with E-state index in [-0.39, 0.29) is 0 Å². The Balaban J connectivity index is 0. The summed E-state index contributed by atoms with van der Waals surface area (Å²) in [5, 5.41) is 3.33. The van der Waals surface area contributed by atoms with Gasteiger partial charge in [0.25, 0.3) is 0 Å². The van der Waals surface area contributed by atoms with Crippen LogP contribution in [0, 0.1) is 11.8 Å². The van der Waals surface area contributed by atoms with Gasteiger partial charge in [-0.3, -0.25) is 0 Å². The Bertz CT molecular complexity index is 903. The zero-order chi connectivity index (χ0) is 30.1. The van der Waals surface area contributed by atoms with Crippen molar-refractivity contribution in [2.24, 2.45) is 11.8 Å². The van der Waals surface area contributed by atoms with Crippen LogP contribution in [0.3, 0.4) is 0 Å². The van der Waals surface area contributed by atoms with Crippen molar-refractivity contribution in [1.82, 2.24) is 5.32 Å². The van der Waals surface area contributed by atoms with E-state index in [1.54, 1.807) is 20.3 Å². The molecule has 220 valence electrons. The van der Waals surface area contributed by atoms with Crippen LogP contribution in [0.15, 0.2) is 108 Å². The van der Waals surface area contributed by atoms with Gasteiger partial charge in [-0.15, -0.1) is 0 Å². The lowest BCUT2D eigenvalue weighted by atomic mass is 9.99. The molecule has 0 amide bonds. The van der Waals surface area contributed by atoms with Gasteiger partial charge in [0.2, 0.25) is 0 Å². The summed E-state index contributed by atoms with van der Waals surface area (Å²) in [6.45, 7) is 24.7. The molecule has 0 fully saturated rings. The second-order valence-corrected chi connectivity index (χ2v) is 9.88. The van der Waals surface area contributed by atoms with E-state index < -0.39 is 0 Å². The molecule has 1 rings (SSSR count). The minimum Gasteiger partial charge on any atom is -0.493 e. The van der Waals surface area contributed by atoms with E-state index in [1.165, 1.54) is 11.1 Å². The Hall–Kier alpha value is -2.98. The number of hydrogen-bond acceptors (Lipinski definition) is 4. The molecule has 0 saturated heterocycles. The second-order valence-electron chi connectivity index (χ2n) is 9.88. The van der Waals surface area contributed by atoms with E-state index in [9.17, 15) is 0 Å². The molecule has 1 aliphatic rings. The van der Waals surface area contributed by atoms with Crippen LogP contribution in [-0.2, 0) is 14.2 Å². The van der Waals surface area contributed by atoms with Gasteiger partial charge >= 0.3 is 0 Å². The first-order chi connectivity index (χ1) is 18.6. The lowest BCUT2D eigenvalue weighted by Crippen LogP contribution is -2.15. The molecule has 1 aliphatic carbocycles. The van der Waals surface area contributed by atoms with Crippen LogP contribution in [0.1, 0.15) is 75.2 Å². The minimum absolute atomic E-state index is 0.483. The highest BCUT2D eigenvalue weighted by Crippen LogP contribution is 2.19. The van der Waals surface area contributed by atoms with Crippen LogP contribution in [0.2, 0.25) is 0 Å². The van der Waals surface area contributed by atoms with Gasteiger partial charge in [-0.1, -0.05) is 89.6 Å². The summed E-state index contributed by atoms with van der Waals surface area (Å²) in [5.74, 6) is 4.44. The van der Waals surface area contributed by atoms with E-state index in [2.05, 4.69) is 84.7 Å². The van der Waals surface area contributed by atoms with Crippen molar-refractivity contribution < 1.29 is 14.2 Å². The molecule has 0 bridgehead atoms. The van der Waals surface area contributed by atoms with Gasteiger partial charge in [0.05, 0.1) is 14.2 Å². The predicted molar refractivity (Wildman–Crippen MR) is 172 cm³/mol. The maximum atomic E-state index is 5.84. The van der Waals surface area contributed by atoms with Gasteiger partial charge in [-0.05, 0) is 95.0 Å². The molecular weight excluding hydrogens is 482 g/mol. The molecule has 0 heterocycles. The molecule has 0 aliphatic heterocycles. The molecule has 0 radical (unpaired) electrons. The average Bonchev–Trinajstić information content (AvgIpc) is 3.09. The molecule has 1 N–H and O–H groups in total. The first kappa shape index (κ1) is 38.2. The summed E-state index contributed by atoms with van der Waals surface area (Å²) >= 11 is 0. The fourth-order valence-electron chi connectivity index (χ4n) is 3.07. The molecule has 0 aromatic carbocycles. The van der Waals surface area contributed by atoms with Crippen molar-refractivity contribution in [3.05, 3.63) is 108 Å². The highest BCUT2D eigenvalue weighted by Gasteiger charge is 2.08. The summed E-state index contributed by atoms with van der Waals surface area (Å²) in [4.78, 5) is 0. The fourth-order valence-corrected chi connectivity index (χ4v) is 3.07. The highest BCUT2D eigenvalue weighted by atomic mass is 16.5. The number of rotatable bonds is 13. The first-order valence-electron chi connectivity index (χ1n) is 14.1. The van der Waals surface area contributed by atoms with E-state index in [1.807, 2.05) is 50.3 Å². The van der Waals surface area contributed by atoms with Gasteiger partial charge in [0.1, 0.15) is 11.5 Å². The Morgan fingerprint density at radius 1 is 1.05 bits per heavy atom. The zero-order valence-electron chi connectivity index (χ0n) is 26.8. The Morgan fingerprint density at radius 2 is 1.69 bits per heavy atom. The average molecular weight is 540 g/mol. The highest BCUT2D eigenvalue weighted by molar-refractivity contribution is 5.31. The van der Waals surface area contributed by atoms with Crippen LogP contribution in [-0.4, -0.2) is 27.3 Å². The van der Waals surface area contributed by atoms with E-state index in [0.717, 1.165) is 49.1 Å². The smallest absolute Gasteiger partial charge is 0.160 e. The number of nitrogens with one attached hydrogen (secondary N) is 1. The maximum absolute atomic E-state index is 5.84. The molecule has 0 unspecified atom stereocenters. The Kier molecular flexibility index (Phi) is 24.8. The first-order valence-corrected chi connectivity index (χ1v) is 14.1. The standard InChI is InChI=1S/C16H20O.C15H27NO2.C4H10/c1-4-6-11-15(9-5-2)17-16-12-8-7-10-14(3)13-16;1-7-14(17-5)15(18-6)11-13(12(3)4)9-10-16-8-2;1-4(2)3/h4-6,8-13H,7H2,1-3H3;7,11-12,16H,1,8-10H2,2-6H3;4H,1-3H3/b6-4+,9-5-,15-11+;13-11-,15-14-;. The normalized spacial score (nSPS) is 14.6. The summed E-state index contributed by atoms with van der Waals surface area (Å²) < 4.78 is 16.4. The zero-order valence-corrected chi connectivity index (χ0v) is 26.8. The van der Waals surface area contributed by atoms with E-state index in [0.29, 0.717) is 11.7 Å². The van der Waals surface area contributed by atoms with Crippen LogP contribution >= 0.6 is 0 Å².